The number of hydrogen-bond acceptors (Lipinski definition) is 6. The summed E-state index contributed by atoms with van der Waals surface area (Å²) in [6.07, 6.45) is 3.65. The molecule has 0 saturated heterocycles. The van der Waals surface area contributed by atoms with E-state index in [4.69, 9.17) is 0 Å². The Labute approximate surface area is 151 Å². The fraction of sp³-hybridized carbons (Fsp3) is 0.294. The van der Waals surface area contributed by atoms with Crippen LogP contribution in [0.2, 0.25) is 0 Å². The second kappa shape index (κ2) is 6.10. The zero-order chi connectivity index (χ0) is 17.4. The number of carbonyl (C=O) groups is 1. The molecule has 4 rings (SSSR count). The Morgan fingerprint density at radius 2 is 2.28 bits per heavy atom. The number of fused-ring (bicyclic) bond motifs is 1. The van der Waals surface area contributed by atoms with Gasteiger partial charge in [0.25, 0.3) is 5.56 Å². The van der Waals surface area contributed by atoms with E-state index in [2.05, 4.69) is 16.4 Å². The third kappa shape index (κ3) is 2.75. The molecular formula is C17H14N4O2S2. The molecule has 8 heteroatoms. The number of hydrogen-bond donors (Lipinski definition) is 1. The summed E-state index contributed by atoms with van der Waals surface area (Å²) in [6.45, 7) is -0.134. The first-order valence-corrected chi connectivity index (χ1v) is 9.61. The Kier molecular flexibility index (Phi) is 3.90. The second-order valence-corrected chi connectivity index (χ2v) is 7.89. The summed E-state index contributed by atoms with van der Waals surface area (Å²) in [7, 11) is 0. The van der Waals surface area contributed by atoms with Crippen molar-refractivity contribution in [3.63, 3.8) is 0 Å². The van der Waals surface area contributed by atoms with Gasteiger partial charge < -0.3 is 5.32 Å². The molecule has 0 unspecified atom stereocenters. The van der Waals surface area contributed by atoms with E-state index in [0.29, 0.717) is 23.1 Å². The summed E-state index contributed by atoms with van der Waals surface area (Å²) in [6, 6.07) is 6.06. The molecule has 0 radical (unpaired) electrons. The van der Waals surface area contributed by atoms with Crippen LogP contribution < -0.4 is 10.9 Å². The molecule has 1 fully saturated rings. The van der Waals surface area contributed by atoms with Crippen LogP contribution >= 0.6 is 22.7 Å². The lowest BCUT2D eigenvalue weighted by atomic mass is 9.78. The van der Waals surface area contributed by atoms with E-state index in [9.17, 15) is 14.9 Å². The maximum absolute atomic E-state index is 12.8. The molecule has 0 aromatic carbocycles. The number of rotatable bonds is 4. The van der Waals surface area contributed by atoms with Gasteiger partial charge >= 0.3 is 0 Å². The summed E-state index contributed by atoms with van der Waals surface area (Å²) in [5.41, 5.74) is -0.137. The van der Waals surface area contributed by atoms with Gasteiger partial charge in [0.05, 0.1) is 17.8 Å². The van der Waals surface area contributed by atoms with Crippen molar-refractivity contribution in [1.82, 2.24) is 14.9 Å². The third-order valence-corrected chi connectivity index (χ3v) is 6.25. The van der Waals surface area contributed by atoms with E-state index in [1.165, 1.54) is 22.2 Å². The zero-order valence-electron chi connectivity index (χ0n) is 13.2. The molecule has 0 spiro atoms. The monoisotopic (exact) mass is 370 g/mol. The smallest absolute Gasteiger partial charge is 0.263 e. The highest BCUT2D eigenvalue weighted by Gasteiger charge is 2.38. The zero-order valence-corrected chi connectivity index (χ0v) is 14.8. The van der Waals surface area contributed by atoms with Gasteiger partial charge in [-0.25, -0.2) is 4.98 Å². The predicted molar refractivity (Wildman–Crippen MR) is 97.5 cm³/mol. The molecule has 1 amide bonds. The largest absolute Gasteiger partial charge is 0.336 e. The summed E-state index contributed by atoms with van der Waals surface area (Å²) in [5, 5.41) is 16.4. The maximum atomic E-state index is 12.8. The van der Waals surface area contributed by atoms with Gasteiger partial charge in [-0.15, -0.1) is 22.7 Å². The Morgan fingerprint density at radius 3 is 2.92 bits per heavy atom. The molecule has 126 valence electrons. The fourth-order valence-corrected chi connectivity index (χ4v) is 4.67. The van der Waals surface area contributed by atoms with Gasteiger partial charge in [0, 0.05) is 15.8 Å². The van der Waals surface area contributed by atoms with E-state index >= 15 is 0 Å². The van der Waals surface area contributed by atoms with E-state index in [1.54, 1.807) is 11.3 Å². The third-order valence-electron chi connectivity index (χ3n) is 4.46. The van der Waals surface area contributed by atoms with Crippen LogP contribution in [0.4, 0.5) is 0 Å². The van der Waals surface area contributed by atoms with Gasteiger partial charge in [0.1, 0.15) is 16.9 Å². The Morgan fingerprint density at radius 1 is 1.44 bits per heavy atom. The van der Waals surface area contributed by atoms with Crippen molar-refractivity contribution in [3.05, 3.63) is 39.6 Å². The lowest BCUT2D eigenvalue weighted by Crippen LogP contribution is -2.53. The first-order valence-electron chi connectivity index (χ1n) is 7.85. The Hall–Kier alpha value is -2.50. The molecule has 25 heavy (non-hydrogen) atoms. The Bertz CT molecular complexity index is 1040. The molecule has 3 aromatic heterocycles. The molecule has 1 saturated carbocycles. The van der Waals surface area contributed by atoms with E-state index in [0.717, 1.165) is 16.9 Å². The maximum Gasteiger partial charge on any atom is 0.263 e. The molecule has 0 bridgehead atoms. The number of thiophene rings is 2. The van der Waals surface area contributed by atoms with Gasteiger partial charge in [-0.05, 0) is 30.7 Å². The van der Waals surface area contributed by atoms with Crippen LogP contribution in [-0.4, -0.2) is 21.0 Å². The first-order chi connectivity index (χ1) is 12.1. The molecule has 1 aliphatic rings. The molecule has 1 N–H and O–H groups in total. The molecule has 3 aromatic rings. The van der Waals surface area contributed by atoms with Gasteiger partial charge in [0.15, 0.2) is 0 Å². The van der Waals surface area contributed by atoms with Crippen molar-refractivity contribution in [3.8, 4) is 16.5 Å². The second-order valence-electron chi connectivity index (χ2n) is 6.08. The standard InChI is InChI=1S/C17H14N4O2S2/c18-9-17(4-2-5-17)20-13(22)7-21-10-19-15-14(16(21)23)11(8-25-15)12-3-1-6-24-12/h1,3,6,8,10H,2,4-5,7H2,(H,20,22). The number of aromatic nitrogens is 2. The number of carbonyl (C=O) groups excluding carboxylic acids is 1. The highest BCUT2D eigenvalue weighted by Crippen LogP contribution is 2.33. The number of nitrogens with one attached hydrogen (secondary N) is 1. The van der Waals surface area contributed by atoms with Crippen LogP contribution in [0.5, 0.6) is 0 Å². The minimum atomic E-state index is -0.761. The van der Waals surface area contributed by atoms with Crippen LogP contribution in [0.15, 0.2) is 34.0 Å². The molecule has 1 aliphatic carbocycles. The van der Waals surface area contributed by atoms with Crippen molar-refractivity contribution < 1.29 is 4.79 Å². The van der Waals surface area contributed by atoms with Crippen molar-refractivity contribution in [2.24, 2.45) is 0 Å². The SMILES string of the molecule is N#CC1(NC(=O)Cn2cnc3scc(-c4cccs4)c3c2=O)CCC1. The lowest BCUT2D eigenvalue weighted by Gasteiger charge is -2.35. The topological polar surface area (TPSA) is 87.8 Å². The summed E-state index contributed by atoms with van der Waals surface area (Å²) in [4.78, 5) is 31.1. The van der Waals surface area contributed by atoms with Crippen LogP contribution in [0.25, 0.3) is 20.7 Å². The Balaban J connectivity index is 1.66. The quantitative estimate of drug-likeness (QED) is 0.765. The average molecular weight is 370 g/mol. The lowest BCUT2D eigenvalue weighted by molar-refractivity contribution is -0.123. The number of nitriles is 1. The van der Waals surface area contributed by atoms with Gasteiger partial charge in [-0.3, -0.25) is 14.2 Å². The summed E-state index contributed by atoms with van der Waals surface area (Å²) >= 11 is 2.98. The van der Waals surface area contributed by atoms with Crippen molar-refractivity contribution in [2.45, 2.75) is 31.3 Å². The van der Waals surface area contributed by atoms with E-state index in [1.807, 2.05) is 22.9 Å². The first kappa shape index (κ1) is 16.0. The molecular weight excluding hydrogens is 356 g/mol. The van der Waals surface area contributed by atoms with Crippen LogP contribution in [-0.2, 0) is 11.3 Å². The molecule has 6 nitrogen and oxygen atoms in total. The normalized spacial score (nSPS) is 15.5. The molecule has 0 atom stereocenters. The van der Waals surface area contributed by atoms with Gasteiger partial charge in [-0.1, -0.05) is 6.07 Å². The van der Waals surface area contributed by atoms with Crippen molar-refractivity contribution in [2.75, 3.05) is 0 Å². The fourth-order valence-electron chi connectivity index (χ4n) is 2.95. The van der Waals surface area contributed by atoms with Crippen molar-refractivity contribution >= 4 is 38.8 Å². The van der Waals surface area contributed by atoms with E-state index < -0.39 is 5.54 Å². The van der Waals surface area contributed by atoms with Crippen LogP contribution in [0.3, 0.4) is 0 Å². The molecule has 0 aliphatic heterocycles. The number of nitrogens with zero attached hydrogens (tertiary/aromatic N) is 3. The minimum absolute atomic E-state index is 0.134. The number of amides is 1. The van der Waals surface area contributed by atoms with Gasteiger partial charge in [-0.2, -0.15) is 5.26 Å². The average Bonchev–Trinajstić information content (AvgIpc) is 3.22. The van der Waals surface area contributed by atoms with Crippen LogP contribution in [0, 0.1) is 11.3 Å². The van der Waals surface area contributed by atoms with Gasteiger partial charge in [0.2, 0.25) is 5.91 Å². The highest BCUT2D eigenvalue weighted by molar-refractivity contribution is 7.18. The highest BCUT2D eigenvalue weighted by atomic mass is 32.1. The van der Waals surface area contributed by atoms with Crippen molar-refractivity contribution in [1.29, 1.82) is 5.26 Å². The summed E-state index contributed by atoms with van der Waals surface area (Å²) in [5.74, 6) is -0.336. The summed E-state index contributed by atoms with van der Waals surface area (Å²) < 4.78 is 1.31. The van der Waals surface area contributed by atoms with Crippen LogP contribution in [0.1, 0.15) is 19.3 Å². The van der Waals surface area contributed by atoms with E-state index in [-0.39, 0.29) is 18.0 Å². The predicted octanol–water partition coefficient (Wildman–Crippen LogP) is 2.75. The minimum Gasteiger partial charge on any atom is -0.336 e. The molecule has 3 heterocycles.